The van der Waals surface area contributed by atoms with E-state index in [1.54, 1.807) is 25.1 Å². The van der Waals surface area contributed by atoms with Gasteiger partial charge in [0.05, 0.1) is 5.60 Å². The normalized spacial score (nSPS) is 24.8. The van der Waals surface area contributed by atoms with E-state index in [9.17, 15) is 19.8 Å². The molecule has 2 atom stereocenters. The largest absolute Gasteiger partial charge is 0.508 e. The smallest absolute Gasteiger partial charge is 0.211 e. The summed E-state index contributed by atoms with van der Waals surface area (Å²) in [5, 5.41) is 25.4. The zero-order chi connectivity index (χ0) is 27.3. The Morgan fingerprint density at radius 3 is 2.32 bits per heavy atom. The second-order valence-electron chi connectivity index (χ2n) is 11.0. The molecule has 2 unspecified atom stereocenters. The summed E-state index contributed by atoms with van der Waals surface area (Å²) in [6, 6.07) is 17.5. The van der Waals surface area contributed by atoms with Crippen LogP contribution in [0.15, 0.2) is 77.5 Å². The lowest BCUT2D eigenvalue weighted by Crippen LogP contribution is -2.58. The molecule has 1 fully saturated rings. The second-order valence-corrected chi connectivity index (χ2v) is 11.0. The number of amides is 1. The first-order chi connectivity index (χ1) is 18.2. The number of phenols is 1. The van der Waals surface area contributed by atoms with Crippen molar-refractivity contribution in [3.05, 3.63) is 83.1 Å². The summed E-state index contributed by atoms with van der Waals surface area (Å²) < 4.78 is 0. The lowest BCUT2D eigenvalue weighted by molar-refractivity contribution is -0.113. The van der Waals surface area contributed by atoms with Crippen LogP contribution < -0.4 is 10.2 Å². The van der Waals surface area contributed by atoms with Crippen LogP contribution in [0.4, 0.5) is 5.69 Å². The van der Waals surface area contributed by atoms with Crippen molar-refractivity contribution in [1.29, 1.82) is 0 Å². The minimum Gasteiger partial charge on any atom is -0.508 e. The van der Waals surface area contributed by atoms with Crippen molar-refractivity contribution in [2.45, 2.75) is 70.3 Å². The zero-order valence-electron chi connectivity index (χ0n) is 22.7. The Balaban J connectivity index is 0.000000494. The van der Waals surface area contributed by atoms with E-state index in [-0.39, 0.29) is 11.5 Å². The summed E-state index contributed by atoms with van der Waals surface area (Å²) in [5.74, 6) is 0.870. The van der Waals surface area contributed by atoms with E-state index < -0.39 is 11.0 Å². The molecule has 5 rings (SSSR count). The van der Waals surface area contributed by atoms with Crippen LogP contribution in [0.5, 0.6) is 5.75 Å². The Kier molecular flexibility index (Phi) is 8.41. The van der Waals surface area contributed by atoms with Crippen molar-refractivity contribution < 1.29 is 19.8 Å². The van der Waals surface area contributed by atoms with Gasteiger partial charge in [-0.2, -0.15) is 0 Å². The van der Waals surface area contributed by atoms with Crippen LogP contribution in [-0.4, -0.2) is 41.1 Å². The van der Waals surface area contributed by atoms with Gasteiger partial charge in [0.25, 0.3) is 0 Å². The summed E-state index contributed by atoms with van der Waals surface area (Å²) in [4.78, 5) is 25.7. The number of phenolic OH excluding ortho intramolecular Hbond substituents is 1. The molecule has 38 heavy (non-hydrogen) atoms. The van der Waals surface area contributed by atoms with E-state index in [1.807, 2.05) is 49.4 Å². The molecule has 0 saturated heterocycles. The van der Waals surface area contributed by atoms with Crippen LogP contribution in [0.3, 0.4) is 0 Å². The van der Waals surface area contributed by atoms with Gasteiger partial charge < -0.3 is 20.4 Å². The monoisotopic (exact) mass is 516 g/mol. The number of hydrogen-bond donors (Lipinski definition) is 3. The van der Waals surface area contributed by atoms with E-state index >= 15 is 0 Å². The highest BCUT2D eigenvalue weighted by Crippen LogP contribution is 2.57. The Morgan fingerprint density at radius 2 is 1.76 bits per heavy atom. The molecule has 0 radical (unpaired) electrons. The van der Waals surface area contributed by atoms with Gasteiger partial charge in [-0.25, -0.2) is 0 Å². The zero-order valence-corrected chi connectivity index (χ0v) is 22.7. The number of allylic oxidation sites excluding steroid dienone is 3. The molecule has 6 heteroatoms. The maximum absolute atomic E-state index is 12.1. The highest BCUT2D eigenvalue weighted by atomic mass is 16.3. The standard InChI is InChI=1S/C26H34N2O4.C6H6/c1-4-26(32)13-20(11-17(2)18(3)30)23(27-16-29)14-25(26)9-10-28(15-19-5-6-19)24-8-7-21(31)12-22(24)25;1-2-4-6-5-3-1/h7-8,11-12,16,19,31-32H,4-6,9-10,13-15H2,1-3H3,(H,27,29);1-6H/b17-11+;. The predicted octanol–water partition coefficient (Wildman–Crippen LogP) is 5.41. The van der Waals surface area contributed by atoms with Gasteiger partial charge in [-0.1, -0.05) is 49.4 Å². The molecule has 0 bridgehead atoms. The number of carbonyl (C=O) groups excluding carboxylic acids is 2. The maximum atomic E-state index is 12.1. The van der Waals surface area contributed by atoms with E-state index in [0.29, 0.717) is 31.2 Å². The Hall–Kier alpha value is -3.38. The number of fused-ring (bicyclic) bond motifs is 2. The molecule has 6 nitrogen and oxygen atoms in total. The first-order valence-corrected chi connectivity index (χ1v) is 13.7. The molecule has 1 amide bonds. The van der Waals surface area contributed by atoms with Crippen LogP contribution in [-0.2, 0) is 15.0 Å². The summed E-state index contributed by atoms with van der Waals surface area (Å²) in [6.45, 7) is 7.08. The van der Waals surface area contributed by atoms with E-state index in [0.717, 1.165) is 47.9 Å². The fourth-order valence-corrected chi connectivity index (χ4v) is 5.97. The number of rotatable bonds is 7. The number of ketones is 1. The van der Waals surface area contributed by atoms with Crippen molar-refractivity contribution in [3.8, 4) is 5.75 Å². The molecule has 1 saturated carbocycles. The van der Waals surface area contributed by atoms with Crippen LogP contribution >= 0.6 is 0 Å². The van der Waals surface area contributed by atoms with Gasteiger partial charge >= 0.3 is 0 Å². The molecule has 3 N–H and O–H groups in total. The number of benzene rings is 2. The van der Waals surface area contributed by atoms with Gasteiger partial charge in [-0.05, 0) is 80.4 Å². The summed E-state index contributed by atoms with van der Waals surface area (Å²) in [5.41, 5.74) is 2.44. The lowest BCUT2D eigenvalue weighted by Gasteiger charge is -2.55. The van der Waals surface area contributed by atoms with Gasteiger partial charge in [0.2, 0.25) is 6.41 Å². The Bertz CT molecular complexity index is 1190. The Labute approximate surface area is 226 Å². The number of carbonyl (C=O) groups is 2. The molecule has 2 aromatic carbocycles. The molecule has 2 aliphatic carbocycles. The number of nitrogens with zero attached hydrogens (tertiary/aromatic N) is 1. The summed E-state index contributed by atoms with van der Waals surface area (Å²) >= 11 is 0. The van der Waals surface area contributed by atoms with Gasteiger partial charge in [0, 0.05) is 42.7 Å². The number of anilines is 1. The molecular weight excluding hydrogens is 476 g/mol. The minimum absolute atomic E-state index is 0.0352. The van der Waals surface area contributed by atoms with E-state index in [1.165, 1.54) is 19.8 Å². The van der Waals surface area contributed by atoms with Crippen molar-refractivity contribution in [2.75, 3.05) is 18.0 Å². The molecular formula is C32H40N2O4. The van der Waals surface area contributed by atoms with Crippen molar-refractivity contribution in [1.82, 2.24) is 5.32 Å². The number of Topliss-reactive ketones (excluding diaryl/α,β-unsaturated/α-hetero) is 1. The van der Waals surface area contributed by atoms with Crippen molar-refractivity contribution in [2.24, 2.45) is 5.92 Å². The average molecular weight is 517 g/mol. The third kappa shape index (κ3) is 5.70. The van der Waals surface area contributed by atoms with Crippen LogP contribution in [0.25, 0.3) is 0 Å². The average Bonchev–Trinajstić information content (AvgIpc) is 3.74. The molecule has 202 valence electrons. The number of aromatic hydroxyl groups is 1. The topological polar surface area (TPSA) is 89.9 Å². The number of nitrogens with one attached hydrogen (secondary N) is 1. The number of hydrogen-bond acceptors (Lipinski definition) is 5. The summed E-state index contributed by atoms with van der Waals surface area (Å²) in [7, 11) is 0. The molecule has 1 spiro atoms. The fraction of sp³-hybridized carbons (Fsp3) is 0.438. The first-order valence-electron chi connectivity index (χ1n) is 13.7. The van der Waals surface area contributed by atoms with E-state index in [4.69, 9.17) is 0 Å². The van der Waals surface area contributed by atoms with Gasteiger partial charge in [-0.3, -0.25) is 9.59 Å². The third-order valence-electron chi connectivity index (χ3n) is 8.49. The predicted molar refractivity (Wildman–Crippen MR) is 151 cm³/mol. The van der Waals surface area contributed by atoms with Gasteiger partial charge in [0.15, 0.2) is 5.78 Å². The maximum Gasteiger partial charge on any atom is 0.211 e. The molecule has 1 heterocycles. The highest BCUT2D eigenvalue weighted by Gasteiger charge is 2.56. The molecule has 1 aliphatic heterocycles. The first kappa shape index (κ1) is 27.6. The fourth-order valence-electron chi connectivity index (χ4n) is 5.97. The lowest BCUT2D eigenvalue weighted by atomic mass is 9.55. The molecule has 0 aromatic heterocycles. The minimum atomic E-state index is -1.07. The van der Waals surface area contributed by atoms with Gasteiger partial charge in [0.1, 0.15) is 5.75 Å². The third-order valence-corrected chi connectivity index (χ3v) is 8.49. The Morgan fingerprint density at radius 1 is 1.11 bits per heavy atom. The van der Waals surface area contributed by atoms with Gasteiger partial charge in [-0.15, -0.1) is 0 Å². The van der Waals surface area contributed by atoms with Crippen molar-refractivity contribution >= 4 is 17.9 Å². The van der Waals surface area contributed by atoms with Crippen LogP contribution in [0, 0.1) is 5.92 Å². The summed E-state index contributed by atoms with van der Waals surface area (Å²) in [6.07, 6.45) is 7.02. The molecule has 2 aromatic rings. The number of aliphatic hydroxyl groups is 1. The van der Waals surface area contributed by atoms with Crippen LogP contribution in [0.2, 0.25) is 0 Å². The highest BCUT2D eigenvalue weighted by molar-refractivity contribution is 5.93. The van der Waals surface area contributed by atoms with Crippen molar-refractivity contribution in [3.63, 3.8) is 0 Å². The second kappa shape index (κ2) is 11.6. The van der Waals surface area contributed by atoms with E-state index in [2.05, 4.69) is 10.2 Å². The SMILES string of the molecule is CCC1(O)CC(/C=C(\C)C(C)=O)=C(NC=O)CC12CCN(CC1CC1)c1ccc(O)cc12.c1ccccc1. The van der Waals surface area contributed by atoms with Crippen LogP contribution in [0.1, 0.15) is 64.9 Å². The molecule has 3 aliphatic rings. The quantitative estimate of drug-likeness (QED) is 0.338.